The van der Waals surface area contributed by atoms with Gasteiger partial charge in [-0.15, -0.1) is 0 Å². The Morgan fingerprint density at radius 1 is 0.977 bits per heavy atom. The smallest absolute Gasteiger partial charge is 0.387 e. The van der Waals surface area contributed by atoms with Crippen molar-refractivity contribution < 1.29 is 17.9 Å². The molecule has 1 fully saturated rings. The average Bonchev–Trinajstić information content (AvgIpc) is 3.63. The third-order valence-corrected chi connectivity index (χ3v) is 14.7. The molecule has 0 spiro atoms. The van der Waals surface area contributed by atoms with E-state index in [1.807, 2.05) is 38.5 Å². The molecule has 9 heteroatoms. The molecule has 3 aliphatic rings. The molecule has 2 unspecified atom stereocenters. The van der Waals surface area contributed by atoms with Crippen molar-refractivity contribution >= 4 is 14.4 Å². The number of allylic oxidation sites excluding steroid dienone is 1. The predicted octanol–water partition coefficient (Wildman–Crippen LogP) is 9.09. The molecular weight excluding hydrogens is 574 g/mol. The van der Waals surface area contributed by atoms with E-state index in [4.69, 9.17) is 19.1 Å². The first-order chi connectivity index (χ1) is 20.7. The van der Waals surface area contributed by atoms with E-state index < -0.39 is 20.5 Å². The van der Waals surface area contributed by atoms with Gasteiger partial charge in [-0.1, -0.05) is 51.1 Å². The summed E-state index contributed by atoms with van der Waals surface area (Å²) < 4.78 is 41.2. The standard InChI is InChI=1S/C35H38F2N4O2Si/c1-34(2,3)44(6,7)43-35(4,5)32-39-18-22(19-40-32)20-11-12-21-16-25-27-17-26(29(25)24(21)15-20)30-23(31-38-13-14-41(27)31)9-8-10-28(30)42-33(36)37/h8-16,18-19,26-27,29,33H,17H2,1-7H3/t26?,27?,29-/m0/s1. The summed E-state index contributed by atoms with van der Waals surface area (Å²) in [4.78, 5) is 14.2. The van der Waals surface area contributed by atoms with Crippen molar-refractivity contribution in [2.75, 3.05) is 0 Å². The van der Waals surface area contributed by atoms with Crippen molar-refractivity contribution in [2.45, 2.75) is 89.3 Å². The third kappa shape index (κ3) is 4.55. The maximum absolute atomic E-state index is 13.6. The molecule has 0 N–H and O–H groups in total. The minimum Gasteiger partial charge on any atom is -0.435 e. The van der Waals surface area contributed by atoms with Crippen LogP contribution in [-0.2, 0) is 10.0 Å². The van der Waals surface area contributed by atoms with Gasteiger partial charge in [0.15, 0.2) is 14.1 Å². The summed E-state index contributed by atoms with van der Waals surface area (Å²) in [5.74, 6) is 1.71. The second kappa shape index (κ2) is 9.91. The Labute approximate surface area is 258 Å². The number of hydrogen-bond acceptors (Lipinski definition) is 5. The lowest BCUT2D eigenvalue weighted by Gasteiger charge is -2.42. The molecular formula is C35H38F2N4O2Si. The summed E-state index contributed by atoms with van der Waals surface area (Å²) in [5, 5.41) is 0.0748. The zero-order valence-electron chi connectivity index (χ0n) is 26.2. The Bertz CT molecular complexity index is 1790. The molecule has 44 heavy (non-hydrogen) atoms. The highest BCUT2D eigenvalue weighted by Crippen LogP contribution is 2.63. The van der Waals surface area contributed by atoms with E-state index in [1.54, 1.807) is 18.3 Å². The lowest BCUT2D eigenvalue weighted by molar-refractivity contribution is -0.0506. The number of fused-ring (bicyclic) bond motifs is 6. The highest BCUT2D eigenvalue weighted by molar-refractivity contribution is 6.74. The van der Waals surface area contributed by atoms with Crippen molar-refractivity contribution in [2.24, 2.45) is 0 Å². The maximum atomic E-state index is 13.6. The molecule has 6 nitrogen and oxygen atoms in total. The number of halogens is 2. The molecule has 1 aliphatic heterocycles. The molecule has 228 valence electrons. The summed E-state index contributed by atoms with van der Waals surface area (Å²) >= 11 is 0. The molecule has 4 aromatic rings. The average molecular weight is 613 g/mol. The molecule has 0 radical (unpaired) electrons. The highest BCUT2D eigenvalue weighted by atomic mass is 28.4. The molecule has 0 saturated heterocycles. The van der Waals surface area contributed by atoms with Gasteiger partial charge in [0.05, 0.1) is 6.04 Å². The maximum Gasteiger partial charge on any atom is 0.387 e. The second-order valence-electron chi connectivity index (χ2n) is 14.2. The topological polar surface area (TPSA) is 62.1 Å². The summed E-state index contributed by atoms with van der Waals surface area (Å²) in [7, 11) is -2.04. The first-order valence-electron chi connectivity index (χ1n) is 15.2. The Morgan fingerprint density at radius 2 is 1.73 bits per heavy atom. The van der Waals surface area contributed by atoms with E-state index in [2.05, 4.69) is 67.7 Å². The van der Waals surface area contributed by atoms with E-state index in [-0.39, 0.29) is 28.7 Å². The molecule has 2 aliphatic carbocycles. The van der Waals surface area contributed by atoms with Gasteiger partial charge >= 0.3 is 6.61 Å². The van der Waals surface area contributed by atoms with Crippen LogP contribution in [0.3, 0.4) is 0 Å². The van der Waals surface area contributed by atoms with Crippen molar-refractivity contribution in [1.29, 1.82) is 0 Å². The monoisotopic (exact) mass is 612 g/mol. The van der Waals surface area contributed by atoms with Crippen LogP contribution in [0.25, 0.3) is 28.6 Å². The number of alkyl halides is 2. The fraction of sp³-hybridized carbons (Fsp3) is 0.400. The fourth-order valence-electron chi connectivity index (χ4n) is 7.15. The van der Waals surface area contributed by atoms with Gasteiger partial charge < -0.3 is 13.7 Å². The number of imidazole rings is 1. The molecule has 2 bridgehead atoms. The molecule has 7 rings (SSSR count). The Hall–Kier alpha value is -3.69. The minimum atomic E-state index is -2.90. The van der Waals surface area contributed by atoms with Crippen LogP contribution in [0.1, 0.15) is 81.4 Å². The van der Waals surface area contributed by atoms with Crippen molar-refractivity contribution in [3.05, 3.63) is 89.3 Å². The Balaban J connectivity index is 1.25. The first-order valence-corrected chi connectivity index (χ1v) is 18.2. The van der Waals surface area contributed by atoms with Gasteiger partial charge in [-0.05, 0) is 72.8 Å². The van der Waals surface area contributed by atoms with Crippen LogP contribution in [0.5, 0.6) is 5.75 Å². The van der Waals surface area contributed by atoms with E-state index in [0.29, 0.717) is 5.82 Å². The fourth-order valence-corrected chi connectivity index (χ4v) is 8.82. The van der Waals surface area contributed by atoms with Gasteiger partial charge in [0.25, 0.3) is 0 Å². The SMILES string of the molecule is CC(C)(O[Si](C)(C)C(C)(C)C)c1ncc(-c2ccc3c(c2)[C@H]2C(=C3)C3CC2c2c(OC(F)F)cccc2-c2nccn23)cn1. The number of benzene rings is 2. The van der Waals surface area contributed by atoms with Crippen LogP contribution in [0.15, 0.2) is 66.8 Å². The lowest BCUT2D eigenvalue weighted by Crippen LogP contribution is -2.46. The minimum absolute atomic E-state index is 0.0266. The highest BCUT2D eigenvalue weighted by Gasteiger charge is 2.49. The molecule has 1 saturated carbocycles. The molecule has 0 amide bonds. The second-order valence-corrected chi connectivity index (χ2v) is 19.0. The van der Waals surface area contributed by atoms with Crippen LogP contribution < -0.4 is 4.74 Å². The van der Waals surface area contributed by atoms with Gasteiger partial charge in [0.1, 0.15) is 17.2 Å². The van der Waals surface area contributed by atoms with Gasteiger partial charge in [-0.2, -0.15) is 8.78 Å². The van der Waals surface area contributed by atoms with Crippen molar-refractivity contribution in [1.82, 2.24) is 19.5 Å². The molecule has 3 atom stereocenters. The van der Waals surface area contributed by atoms with Crippen LogP contribution in [0.2, 0.25) is 18.1 Å². The first kappa shape index (κ1) is 29.0. The quantitative estimate of drug-likeness (QED) is 0.203. The van der Waals surface area contributed by atoms with E-state index in [9.17, 15) is 8.78 Å². The van der Waals surface area contributed by atoms with Crippen LogP contribution in [0.4, 0.5) is 8.78 Å². The zero-order valence-corrected chi connectivity index (χ0v) is 27.2. The number of ether oxygens (including phenoxy) is 1. The zero-order chi connectivity index (χ0) is 31.2. The molecule has 3 heterocycles. The van der Waals surface area contributed by atoms with Gasteiger partial charge in [0, 0.05) is 53.3 Å². The van der Waals surface area contributed by atoms with E-state index in [1.165, 1.54) is 11.1 Å². The van der Waals surface area contributed by atoms with Crippen LogP contribution in [-0.4, -0.2) is 34.4 Å². The number of aromatic nitrogens is 4. The number of hydrogen-bond donors (Lipinski definition) is 0. The van der Waals surface area contributed by atoms with Crippen LogP contribution >= 0.6 is 0 Å². The number of nitrogens with zero attached hydrogens (tertiary/aromatic N) is 4. The van der Waals surface area contributed by atoms with Crippen molar-refractivity contribution in [3.8, 4) is 28.3 Å². The Kier molecular flexibility index (Phi) is 6.54. The van der Waals surface area contributed by atoms with Crippen molar-refractivity contribution in [3.63, 3.8) is 0 Å². The third-order valence-electron chi connectivity index (χ3n) is 10.1. The van der Waals surface area contributed by atoms with Gasteiger partial charge in [-0.3, -0.25) is 0 Å². The van der Waals surface area contributed by atoms with Gasteiger partial charge in [0.2, 0.25) is 0 Å². The van der Waals surface area contributed by atoms with Crippen LogP contribution in [0, 0.1) is 0 Å². The summed E-state index contributed by atoms with van der Waals surface area (Å²) in [6, 6.07) is 12.0. The van der Waals surface area contributed by atoms with E-state index >= 15 is 0 Å². The molecule has 2 aromatic heterocycles. The molecule has 2 aromatic carbocycles. The lowest BCUT2D eigenvalue weighted by atomic mass is 9.81. The predicted molar refractivity (Wildman–Crippen MR) is 170 cm³/mol. The normalized spacial score (nSPS) is 20.5. The summed E-state index contributed by atoms with van der Waals surface area (Å²) in [6.07, 6.45) is 10.6. The largest absolute Gasteiger partial charge is 0.435 e. The summed E-state index contributed by atoms with van der Waals surface area (Å²) in [6.45, 7) is 12.4. The summed E-state index contributed by atoms with van der Waals surface area (Å²) in [5.41, 5.74) is 6.63. The van der Waals surface area contributed by atoms with Gasteiger partial charge in [-0.25, -0.2) is 15.0 Å². The number of rotatable bonds is 6. The van der Waals surface area contributed by atoms with E-state index in [0.717, 1.165) is 40.1 Å². The Morgan fingerprint density at radius 3 is 2.43 bits per heavy atom.